The van der Waals surface area contributed by atoms with Crippen LogP contribution in [0.1, 0.15) is 41.0 Å². The first-order valence-corrected chi connectivity index (χ1v) is 6.89. The zero-order valence-corrected chi connectivity index (χ0v) is 13.9. The molecule has 0 bridgehead atoms. The van der Waals surface area contributed by atoms with Gasteiger partial charge in [0, 0.05) is 0 Å². The van der Waals surface area contributed by atoms with Gasteiger partial charge in [-0.05, 0) is 33.1 Å². The lowest BCUT2D eigenvalue weighted by atomic mass is 9.98. The van der Waals surface area contributed by atoms with Crippen molar-refractivity contribution in [3.63, 3.8) is 0 Å². The van der Waals surface area contributed by atoms with E-state index in [1.807, 2.05) is 13.8 Å². The van der Waals surface area contributed by atoms with Gasteiger partial charge in [0.1, 0.15) is 0 Å². The van der Waals surface area contributed by atoms with E-state index >= 15 is 0 Å². The molecule has 0 aliphatic carbocycles. The predicted molar refractivity (Wildman–Crippen MR) is 76.2 cm³/mol. The van der Waals surface area contributed by atoms with Crippen molar-refractivity contribution in [3.8, 4) is 0 Å². The molecule has 0 rings (SSSR count). The highest BCUT2D eigenvalue weighted by atomic mass is 16.8. The van der Waals surface area contributed by atoms with Gasteiger partial charge in [-0.25, -0.2) is 4.79 Å². The van der Waals surface area contributed by atoms with Crippen molar-refractivity contribution in [1.82, 2.24) is 5.01 Å². The molecule has 0 aromatic rings. The van der Waals surface area contributed by atoms with Crippen molar-refractivity contribution < 1.29 is 29.2 Å². The highest BCUT2D eigenvalue weighted by molar-refractivity contribution is 5.75. The molecule has 0 spiro atoms. The molecule has 128 valence electrons. The van der Waals surface area contributed by atoms with E-state index in [0.29, 0.717) is 0 Å². The van der Waals surface area contributed by atoms with Gasteiger partial charge in [0.25, 0.3) is 6.79 Å². The molecule has 0 saturated carbocycles. The van der Waals surface area contributed by atoms with E-state index in [-0.39, 0.29) is 17.3 Å². The monoisotopic (exact) mass is 319 g/mol. The maximum absolute atomic E-state index is 11.7. The number of carbonyl (C=O) groups excluding carboxylic acids is 1. The Labute approximate surface area is 130 Å². The molecule has 9 nitrogen and oxygen atoms in total. The lowest BCUT2D eigenvalue weighted by Gasteiger charge is -2.21. The summed E-state index contributed by atoms with van der Waals surface area (Å²) in [5, 5.41) is 24.8. The number of nitrogens with zero attached hydrogens (tertiary/aromatic N) is 3. The van der Waals surface area contributed by atoms with Gasteiger partial charge in [0.15, 0.2) is 6.04 Å². The molecule has 0 unspecified atom stereocenters. The van der Waals surface area contributed by atoms with Crippen LogP contribution in [0.2, 0.25) is 0 Å². The Hall–Kier alpha value is -2.06. The molecule has 0 radical (unpaired) electrons. The van der Waals surface area contributed by atoms with Gasteiger partial charge in [-0.1, -0.05) is 13.8 Å². The minimum absolute atomic E-state index is 0.0199. The molecule has 0 aromatic carbocycles. The maximum atomic E-state index is 11.7. The van der Waals surface area contributed by atoms with Crippen LogP contribution in [-0.2, 0) is 19.2 Å². The van der Waals surface area contributed by atoms with E-state index in [2.05, 4.69) is 10.1 Å². The lowest BCUT2D eigenvalue weighted by molar-refractivity contribution is -0.711. The topological polar surface area (TPSA) is 114 Å². The second-order valence-electron chi connectivity index (χ2n) is 6.32. The third kappa shape index (κ3) is 7.09. The summed E-state index contributed by atoms with van der Waals surface area (Å²) in [6.45, 7) is 8.18. The Kier molecular flexibility index (Phi) is 7.61. The van der Waals surface area contributed by atoms with Crippen LogP contribution in [-0.4, -0.2) is 46.9 Å². The molecule has 1 atom stereocenters. The number of carbonyl (C=O) groups is 2. The van der Waals surface area contributed by atoms with Crippen molar-refractivity contribution in [2.24, 2.45) is 16.6 Å². The van der Waals surface area contributed by atoms with Crippen LogP contribution >= 0.6 is 0 Å². The third-order valence-electron chi connectivity index (χ3n) is 2.68. The van der Waals surface area contributed by atoms with Crippen molar-refractivity contribution in [2.75, 3.05) is 13.8 Å². The third-order valence-corrected chi connectivity index (χ3v) is 2.68. The second kappa shape index (κ2) is 8.40. The Morgan fingerprint density at radius 2 is 1.91 bits per heavy atom. The van der Waals surface area contributed by atoms with E-state index in [4.69, 9.17) is 9.84 Å². The number of hydrogen-bond acceptors (Lipinski definition) is 6. The molecule has 0 aliphatic heterocycles. The number of ether oxygens (including phenoxy) is 1. The van der Waals surface area contributed by atoms with Gasteiger partial charge in [-0.2, -0.15) is 0 Å². The number of rotatable bonds is 8. The fraction of sp³-hybridized carbons (Fsp3) is 0.846. The van der Waals surface area contributed by atoms with Crippen molar-refractivity contribution >= 4 is 11.9 Å². The standard InChI is InChI=1S/C13H25N3O6/c1-9(2)7-10(11(17)18)15(6)16(20)14-22-8-21-12(19)13(3,4)5/h9-10H,7-8H2,1-6H3,(H,17,18)/b16-14-/t10-/m0/s1. The van der Waals surface area contributed by atoms with E-state index in [1.54, 1.807) is 20.8 Å². The van der Waals surface area contributed by atoms with Crippen molar-refractivity contribution in [2.45, 2.75) is 47.1 Å². The van der Waals surface area contributed by atoms with Crippen LogP contribution < -0.4 is 0 Å². The number of likely N-dealkylation sites (N-methyl/N-ethyl adjacent to an activating group) is 1. The normalized spacial score (nSPS) is 13.7. The molecular formula is C13H25N3O6. The summed E-state index contributed by atoms with van der Waals surface area (Å²) < 4.78 is 4.75. The van der Waals surface area contributed by atoms with Crippen LogP contribution in [0.5, 0.6) is 0 Å². The number of hydrazine groups is 1. The Morgan fingerprint density at radius 1 is 1.36 bits per heavy atom. The lowest BCUT2D eigenvalue weighted by Crippen LogP contribution is -2.43. The molecule has 9 heteroatoms. The summed E-state index contributed by atoms with van der Waals surface area (Å²) in [5.41, 5.74) is -0.691. The zero-order valence-electron chi connectivity index (χ0n) is 13.9. The van der Waals surface area contributed by atoms with Crippen molar-refractivity contribution in [1.29, 1.82) is 0 Å². The van der Waals surface area contributed by atoms with Crippen LogP contribution in [0.15, 0.2) is 5.28 Å². The first-order valence-electron chi connectivity index (χ1n) is 6.89. The van der Waals surface area contributed by atoms with E-state index < -0.39 is 30.2 Å². The molecule has 0 fully saturated rings. The number of carboxylic acid groups (broad SMARTS) is 1. The second-order valence-corrected chi connectivity index (χ2v) is 6.32. The number of carboxylic acids is 1. The van der Waals surface area contributed by atoms with Gasteiger partial charge < -0.3 is 19.9 Å². The predicted octanol–water partition coefficient (Wildman–Crippen LogP) is 1.77. The van der Waals surface area contributed by atoms with Crippen LogP contribution in [0, 0.1) is 16.5 Å². The van der Waals surface area contributed by atoms with E-state index in [9.17, 15) is 14.8 Å². The summed E-state index contributed by atoms with van der Waals surface area (Å²) in [7, 11) is 1.29. The Balaban J connectivity index is 4.51. The van der Waals surface area contributed by atoms with Gasteiger partial charge in [0.05, 0.1) is 17.4 Å². The zero-order chi connectivity index (χ0) is 17.5. The van der Waals surface area contributed by atoms with Gasteiger partial charge in [0.2, 0.25) is 5.28 Å². The summed E-state index contributed by atoms with van der Waals surface area (Å²) in [6.07, 6.45) is 0.277. The molecule has 0 aliphatic rings. The van der Waals surface area contributed by atoms with E-state index in [0.717, 1.165) is 5.01 Å². The Bertz CT molecular complexity index is 416. The smallest absolute Gasteiger partial charge is 0.332 e. The fourth-order valence-corrected chi connectivity index (χ4v) is 1.41. The molecule has 0 aromatic heterocycles. The first-order chi connectivity index (χ1) is 9.96. The fourth-order valence-electron chi connectivity index (χ4n) is 1.41. The molecule has 0 amide bonds. The minimum atomic E-state index is -1.13. The van der Waals surface area contributed by atoms with Gasteiger partial charge >= 0.3 is 11.9 Å². The SMILES string of the molecule is CC(C)C[C@@H](C(=O)O)N(C)/[N+]([O-])=N/OCOC(=O)C(C)(C)C. The molecule has 1 N–H and O–H groups in total. The molecule has 22 heavy (non-hydrogen) atoms. The molecule has 0 heterocycles. The summed E-state index contributed by atoms with van der Waals surface area (Å²) in [5.74, 6) is -1.55. The molecule has 0 saturated heterocycles. The van der Waals surface area contributed by atoms with Crippen LogP contribution in [0.25, 0.3) is 0 Å². The highest BCUT2D eigenvalue weighted by Gasteiger charge is 2.29. The summed E-state index contributed by atoms with van der Waals surface area (Å²) >= 11 is 0. The van der Waals surface area contributed by atoms with E-state index in [1.165, 1.54) is 7.05 Å². The average Bonchev–Trinajstić information content (AvgIpc) is 2.37. The Morgan fingerprint density at radius 3 is 2.32 bits per heavy atom. The van der Waals surface area contributed by atoms with Crippen LogP contribution in [0.3, 0.4) is 0 Å². The van der Waals surface area contributed by atoms with Crippen LogP contribution in [0.4, 0.5) is 0 Å². The number of aliphatic carboxylic acids is 1. The summed E-state index contributed by atoms with van der Waals surface area (Å²) in [4.78, 5) is 27.2. The number of hydrogen-bond donors (Lipinski definition) is 1. The minimum Gasteiger partial charge on any atom is -0.569 e. The van der Waals surface area contributed by atoms with Crippen molar-refractivity contribution in [3.05, 3.63) is 5.21 Å². The molecular weight excluding hydrogens is 294 g/mol. The highest BCUT2D eigenvalue weighted by Crippen LogP contribution is 2.15. The summed E-state index contributed by atoms with van der Waals surface area (Å²) in [6, 6.07) is -1.03. The van der Waals surface area contributed by atoms with Gasteiger partial charge in [-0.3, -0.25) is 4.79 Å². The average molecular weight is 319 g/mol. The maximum Gasteiger partial charge on any atom is 0.332 e. The quantitative estimate of drug-likeness (QED) is 0.181. The number of esters is 1. The van der Waals surface area contributed by atoms with Gasteiger partial charge in [-0.15, -0.1) is 5.01 Å². The largest absolute Gasteiger partial charge is 0.569 e. The first kappa shape index (κ1) is 19.9.